The van der Waals surface area contributed by atoms with Gasteiger partial charge in [0, 0.05) is 6.20 Å². The summed E-state index contributed by atoms with van der Waals surface area (Å²) in [7, 11) is -3.28. The molecule has 2 aromatic heterocycles. The summed E-state index contributed by atoms with van der Waals surface area (Å²) < 4.78 is 27.2. The highest BCUT2D eigenvalue weighted by Crippen LogP contribution is 2.16. The second kappa shape index (κ2) is 6.70. The van der Waals surface area contributed by atoms with E-state index in [9.17, 15) is 8.42 Å². The van der Waals surface area contributed by atoms with E-state index in [1.165, 1.54) is 5.56 Å². The molecule has 0 spiro atoms. The Morgan fingerprint density at radius 3 is 2.50 bits per heavy atom. The van der Waals surface area contributed by atoms with Gasteiger partial charge < -0.3 is 4.57 Å². The van der Waals surface area contributed by atoms with Crippen LogP contribution in [0.4, 0.5) is 0 Å². The lowest BCUT2D eigenvalue weighted by molar-refractivity contribution is 0.582. The zero-order chi connectivity index (χ0) is 17.2. The van der Waals surface area contributed by atoms with Crippen LogP contribution in [0.1, 0.15) is 23.9 Å². The van der Waals surface area contributed by atoms with E-state index in [4.69, 9.17) is 0 Å². The predicted molar refractivity (Wildman–Crippen MR) is 94.1 cm³/mol. The number of nitrogens with zero attached hydrogens (tertiary/aromatic N) is 3. The molecule has 0 aliphatic carbocycles. The molecule has 3 rings (SSSR count). The molecule has 6 nitrogen and oxygen atoms in total. The molecule has 0 radical (unpaired) electrons. The number of hydrogen-bond donors (Lipinski definition) is 1. The molecule has 1 N–H and O–H groups in total. The second-order valence-electron chi connectivity index (χ2n) is 5.72. The normalized spacial score (nSPS) is 11.9. The van der Waals surface area contributed by atoms with E-state index in [1.54, 1.807) is 6.20 Å². The summed E-state index contributed by atoms with van der Waals surface area (Å²) in [6.45, 7) is 2.86. The number of aryl methyl sites for hydroxylation is 1. The Hall–Kier alpha value is -2.25. The Bertz CT molecular complexity index is 946. The number of benzene rings is 1. The van der Waals surface area contributed by atoms with Crippen LogP contribution in [0.15, 0.2) is 42.6 Å². The zero-order valence-corrected chi connectivity index (χ0v) is 14.5. The van der Waals surface area contributed by atoms with E-state index in [0.29, 0.717) is 12.4 Å². The minimum Gasteiger partial charge on any atom is -0.307 e. The third kappa shape index (κ3) is 3.80. The monoisotopic (exact) mass is 344 g/mol. The fraction of sp³-hybridized carbons (Fsp3) is 0.294. The van der Waals surface area contributed by atoms with Gasteiger partial charge in [0.15, 0.2) is 5.65 Å². The number of pyridine rings is 1. The summed E-state index contributed by atoms with van der Waals surface area (Å²) in [5.74, 6) is 0.647. The molecule has 0 saturated carbocycles. The summed E-state index contributed by atoms with van der Waals surface area (Å²) in [6, 6.07) is 12.1. The van der Waals surface area contributed by atoms with Crippen LogP contribution >= 0.6 is 0 Å². The molecule has 0 unspecified atom stereocenters. The molecular formula is C17H20N4O2S. The van der Waals surface area contributed by atoms with Crippen LogP contribution in [0.2, 0.25) is 0 Å². The number of fused-ring (bicyclic) bond motifs is 1. The van der Waals surface area contributed by atoms with E-state index in [0.717, 1.165) is 29.4 Å². The number of hydrogen-bond acceptors (Lipinski definition) is 4. The van der Waals surface area contributed by atoms with Gasteiger partial charge in [0.1, 0.15) is 11.3 Å². The molecule has 0 saturated heterocycles. The fourth-order valence-electron chi connectivity index (χ4n) is 2.57. The molecule has 0 aliphatic heterocycles. The van der Waals surface area contributed by atoms with E-state index >= 15 is 0 Å². The maximum Gasteiger partial charge on any atom is 0.209 e. The summed E-state index contributed by atoms with van der Waals surface area (Å²) in [6.07, 6.45) is 3.86. The first-order valence-electron chi connectivity index (χ1n) is 7.79. The van der Waals surface area contributed by atoms with Crippen molar-refractivity contribution in [3.8, 4) is 0 Å². The molecule has 1 aromatic carbocycles. The highest BCUT2D eigenvalue weighted by molar-refractivity contribution is 7.88. The third-order valence-electron chi connectivity index (χ3n) is 3.85. The van der Waals surface area contributed by atoms with E-state index in [2.05, 4.69) is 45.9 Å². The molecule has 24 heavy (non-hydrogen) atoms. The quantitative estimate of drug-likeness (QED) is 0.743. The van der Waals surface area contributed by atoms with Gasteiger partial charge in [-0.15, -0.1) is 0 Å². The molecule has 0 amide bonds. The highest BCUT2D eigenvalue weighted by Gasteiger charge is 2.13. The summed E-state index contributed by atoms with van der Waals surface area (Å²) in [4.78, 5) is 8.92. The molecular weight excluding hydrogens is 324 g/mol. The van der Waals surface area contributed by atoms with Crippen LogP contribution < -0.4 is 4.72 Å². The number of imidazole rings is 1. The molecule has 0 bridgehead atoms. The van der Waals surface area contributed by atoms with E-state index < -0.39 is 10.0 Å². The molecule has 3 aromatic rings. The van der Waals surface area contributed by atoms with Gasteiger partial charge in [-0.25, -0.2) is 23.1 Å². The van der Waals surface area contributed by atoms with Crippen molar-refractivity contribution in [1.82, 2.24) is 19.3 Å². The molecule has 7 heteroatoms. The Labute approximate surface area is 141 Å². The van der Waals surface area contributed by atoms with Gasteiger partial charge in [-0.2, -0.15) is 0 Å². The van der Waals surface area contributed by atoms with Crippen molar-refractivity contribution >= 4 is 21.2 Å². The van der Waals surface area contributed by atoms with Crippen molar-refractivity contribution in [1.29, 1.82) is 0 Å². The van der Waals surface area contributed by atoms with E-state index in [1.807, 2.05) is 16.7 Å². The average molecular weight is 344 g/mol. The first-order chi connectivity index (χ1) is 11.5. The lowest BCUT2D eigenvalue weighted by atomic mass is 10.1. The number of nitrogens with one attached hydrogen (secondary N) is 1. The minimum absolute atomic E-state index is 0.141. The van der Waals surface area contributed by atoms with Gasteiger partial charge in [0.05, 0.1) is 19.3 Å². The van der Waals surface area contributed by atoms with Crippen LogP contribution in [-0.4, -0.2) is 29.2 Å². The van der Waals surface area contributed by atoms with Gasteiger partial charge in [-0.1, -0.05) is 31.2 Å². The largest absolute Gasteiger partial charge is 0.307 e. The Morgan fingerprint density at radius 2 is 1.83 bits per heavy atom. The van der Waals surface area contributed by atoms with Crippen molar-refractivity contribution in [2.75, 3.05) is 6.26 Å². The van der Waals surface area contributed by atoms with Crippen molar-refractivity contribution in [3.05, 3.63) is 59.5 Å². The predicted octanol–water partition coefficient (Wildman–Crippen LogP) is 2.09. The van der Waals surface area contributed by atoms with Gasteiger partial charge in [0.25, 0.3) is 0 Å². The number of sulfonamides is 1. The first-order valence-corrected chi connectivity index (χ1v) is 9.68. The van der Waals surface area contributed by atoms with Crippen LogP contribution in [0.3, 0.4) is 0 Å². The third-order valence-corrected chi connectivity index (χ3v) is 4.52. The Morgan fingerprint density at radius 1 is 1.12 bits per heavy atom. The highest BCUT2D eigenvalue weighted by atomic mass is 32.2. The molecule has 2 heterocycles. The van der Waals surface area contributed by atoms with Crippen LogP contribution in [-0.2, 0) is 29.5 Å². The standard InChI is InChI=1S/C17H20N4O2S/c1-3-13-6-8-14(9-7-13)12-21-16(11-19-24(2,22)23)20-15-5-4-10-18-17(15)21/h4-10,19H,3,11-12H2,1-2H3. The molecule has 0 atom stereocenters. The lowest BCUT2D eigenvalue weighted by Crippen LogP contribution is -2.23. The van der Waals surface area contributed by atoms with Gasteiger partial charge >= 0.3 is 0 Å². The van der Waals surface area contributed by atoms with Crippen LogP contribution in [0.25, 0.3) is 11.2 Å². The van der Waals surface area contributed by atoms with Crippen molar-refractivity contribution < 1.29 is 8.42 Å². The van der Waals surface area contributed by atoms with Crippen molar-refractivity contribution in [3.63, 3.8) is 0 Å². The SMILES string of the molecule is CCc1ccc(Cn2c(CNS(C)(=O)=O)nc3cccnc32)cc1. The van der Waals surface area contributed by atoms with Gasteiger partial charge in [-0.05, 0) is 29.7 Å². The first kappa shape index (κ1) is 16.6. The molecule has 126 valence electrons. The maximum atomic E-state index is 11.4. The number of rotatable bonds is 6. The van der Waals surface area contributed by atoms with Crippen LogP contribution in [0.5, 0.6) is 0 Å². The van der Waals surface area contributed by atoms with Crippen molar-refractivity contribution in [2.24, 2.45) is 0 Å². The Kier molecular flexibility index (Phi) is 4.64. The fourth-order valence-corrected chi connectivity index (χ4v) is 2.96. The number of aromatic nitrogens is 3. The minimum atomic E-state index is -3.28. The van der Waals surface area contributed by atoms with Crippen LogP contribution in [0, 0.1) is 0 Å². The molecule has 0 aliphatic rings. The van der Waals surface area contributed by atoms with E-state index in [-0.39, 0.29) is 6.54 Å². The summed E-state index contributed by atoms with van der Waals surface area (Å²) in [5.41, 5.74) is 3.92. The Balaban J connectivity index is 1.96. The second-order valence-corrected chi connectivity index (χ2v) is 7.56. The maximum absolute atomic E-state index is 11.4. The van der Waals surface area contributed by atoms with Crippen molar-refractivity contribution in [2.45, 2.75) is 26.4 Å². The average Bonchev–Trinajstić information content (AvgIpc) is 2.91. The van der Waals surface area contributed by atoms with Gasteiger partial charge in [-0.3, -0.25) is 0 Å². The smallest absolute Gasteiger partial charge is 0.209 e. The zero-order valence-electron chi connectivity index (χ0n) is 13.7. The topological polar surface area (TPSA) is 76.9 Å². The van der Waals surface area contributed by atoms with Gasteiger partial charge in [0.2, 0.25) is 10.0 Å². The summed E-state index contributed by atoms with van der Waals surface area (Å²) in [5, 5.41) is 0. The molecule has 0 fully saturated rings. The lowest BCUT2D eigenvalue weighted by Gasteiger charge is -2.10. The summed E-state index contributed by atoms with van der Waals surface area (Å²) >= 11 is 0.